The summed E-state index contributed by atoms with van der Waals surface area (Å²) in [4.78, 5) is 24.4. The summed E-state index contributed by atoms with van der Waals surface area (Å²) in [7, 11) is 0. The van der Waals surface area contributed by atoms with Crippen LogP contribution < -0.4 is 5.32 Å². The maximum absolute atomic E-state index is 12.0. The van der Waals surface area contributed by atoms with Crippen molar-refractivity contribution in [3.8, 4) is 0 Å². The molecule has 1 heterocycles. The van der Waals surface area contributed by atoms with Crippen LogP contribution in [0.15, 0.2) is 0 Å². The molecule has 2 amide bonds. The first-order valence-corrected chi connectivity index (χ1v) is 6.43. The van der Waals surface area contributed by atoms with Gasteiger partial charge in [0.2, 0.25) is 0 Å². The Kier molecular flexibility index (Phi) is 3.75. The number of aliphatic carboxylic acids is 1. The number of nitrogens with zero attached hydrogens (tertiary/aromatic N) is 1. The summed E-state index contributed by atoms with van der Waals surface area (Å²) >= 11 is 0. The van der Waals surface area contributed by atoms with Crippen molar-refractivity contribution in [2.24, 2.45) is 5.41 Å². The van der Waals surface area contributed by atoms with E-state index in [1.165, 1.54) is 4.90 Å². The first-order chi connectivity index (χ1) is 8.58. The van der Waals surface area contributed by atoms with E-state index >= 15 is 0 Å². The number of carbonyl (C=O) groups is 2. The Bertz CT molecular complexity index is 341. The van der Waals surface area contributed by atoms with Gasteiger partial charge in [-0.15, -0.1) is 0 Å². The molecule has 0 radical (unpaired) electrons. The van der Waals surface area contributed by atoms with Gasteiger partial charge in [0.25, 0.3) is 0 Å². The number of carboxylic acids is 1. The Hall–Kier alpha value is -1.30. The van der Waals surface area contributed by atoms with E-state index in [-0.39, 0.29) is 18.1 Å². The molecule has 1 saturated carbocycles. The fraction of sp³-hybridized carbons (Fsp3) is 0.833. The lowest BCUT2D eigenvalue weighted by Crippen LogP contribution is -2.56. The van der Waals surface area contributed by atoms with E-state index in [1.54, 1.807) is 0 Å². The predicted octanol–water partition coefficient (Wildman–Crippen LogP) is 0.672. The van der Waals surface area contributed by atoms with Crippen LogP contribution in [-0.4, -0.2) is 54.4 Å². The van der Waals surface area contributed by atoms with E-state index in [4.69, 9.17) is 9.84 Å². The Morgan fingerprint density at radius 3 is 2.78 bits per heavy atom. The number of nitrogens with one attached hydrogen (secondary N) is 1. The summed E-state index contributed by atoms with van der Waals surface area (Å²) in [6.45, 7) is 3.57. The lowest BCUT2D eigenvalue weighted by Gasteiger charge is -2.33. The van der Waals surface area contributed by atoms with Crippen molar-refractivity contribution in [2.45, 2.75) is 32.2 Å². The van der Waals surface area contributed by atoms with Crippen LogP contribution >= 0.6 is 0 Å². The predicted molar refractivity (Wildman–Crippen MR) is 64.3 cm³/mol. The van der Waals surface area contributed by atoms with Gasteiger partial charge in [-0.05, 0) is 24.7 Å². The molecule has 1 unspecified atom stereocenters. The van der Waals surface area contributed by atoms with Crippen LogP contribution in [0.2, 0.25) is 0 Å². The van der Waals surface area contributed by atoms with Gasteiger partial charge in [-0.25, -0.2) is 9.59 Å². The highest BCUT2D eigenvalue weighted by Crippen LogP contribution is 2.47. The number of morpholine rings is 1. The highest BCUT2D eigenvalue weighted by Gasteiger charge is 2.41. The fourth-order valence-corrected chi connectivity index (χ4v) is 2.25. The highest BCUT2D eigenvalue weighted by molar-refractivity contribution is 5.83. The molecule has 2 aliphatic rings. The zero-order valence-electron chi connectivity index (χ0n) is 10.6. The number of carbonyl (C=O) groups excluding carboxylic acids is 1. The SMILES string of the molecule is CCC1(CNC(=O)N2CCOCC2C(=O)O)CC1. The molecule has 0 aromatic heterocycles. The second-order valence-corrected chi connectivity index (χ2v) is 5.13. The number of amides is 2. The van der Waals surface area contributed by atoms with E-state index in [0.29, 0.717) is 19.7 Å². The number of ether oxygens (including phenoxy) is 1. The van der Waals surface area contributed by atoms with Crippen molar-refractivity contribution in [1.29, 1.82) is 0 Å². The van der Waals surface area contributed by atoms with Crippen molar-refractivity contribution in [3.63, 3.8) is 0 Å². The van der Waals surface area contributed by atoms with Crippen LogP contribution in [0.25, 0.3) is 0 Å². The number of hydrogen-bond donors (Lipinski definition) is 2. The third-order valence-electron chi connectivity index (χ3n) is 4.00. The average Bonchev–Trinajstić information content (AvgIpc) is 3.16. The standard InChI is InChI=1S/C12H20N2O4/c1-2-12(3-4-12)8-13-11(17)14-5-6-18-7-9(14)10(15)16/h9H,2-8H2,1H3,(H,13,17)(H,15,16). The van der Waals surface area contributed by atoms with Gasteiger partial charge >= 0.3 is 12.0 Å². The minimum atomic E-state index is -1.01. The van der Waals surface area contributed by atoms with Gasteiger partial charge in [0.15, 0.2) is 6.04 Å². The van der Waals surface area contributed by atoms with Crippen LogP contribution in [0.1, 0.15) is 26.2 Å². The molecule has 1 saturated heterocycles. The molecule has 0 aromatic carbocycles. The van der Waals surface area contributed by atoms with Crippen LogP contribution in [0.4, 0.5) is 4.79 Å². The largest absolute Gasteiger partial charge is 0.480 e. The molecule has 102 valence electrons. The van der Waals surface area contributed by atoms with Crippen LogP contribution in [0.5, 0.6) is 0 Å². The van der Waals surface area contributed by atoms with E-state index < -0.39 is 12.0 Å². The van der Waals surface area contributed by atoms with E-state index in [2.05, 4.69) is 12.2 Å². The van der Waals surface area contributed by atoms with Gasteiger partial charge in [-0.3, -0.25) is 0 Å². The lowest BCUT2D eigenvalue weighted by molar-refractivity contribution is -0.147. The highest BCUT2D eigenvalue weighted by atomic mass is 16.5. The minimum Gasteiger partial charge on any atom is -0.480 e. The molecule has 1 atom stereocenters. The molecular weight excluding hydrogens is 236 g/mol. The first-order valence-electron chi connectivity index (χ1n) is 6.43. The topological polar surface area (TPSA) is 78.9 Å². The van der Waals surface area contributed by atoms with Crippen LogP contribution in [-0.2, 0) is 9.53 Å². The third kappa shape index (κ3) is 2.75. The normalized spacial score (nSPS) is 25.6. The average molecular weight is 256 g/mol. The second-order valence-electron chi connectivity index (χ2n) is 5.13. The van der Waals surface area contributed by atoms with Gasteiger partial charge in [0, 0.05) is 13.1 Å². The molecular formula is C12H20N2O4. The number of rotatable bonds is 4. The molecule has 2 N–H and O–H groups in total. The van der Waals surface area contributed by atoms with Crippen molar-refractivity contribution in [2.75, 3.05) is 26.3 Å². The molecule has 6 nitrogen and oxygen atoms in total. The molecule has 2 rings (SSSR count). The Morgan fingerprint density at radius 1 is 1.50 bits per heavy atom. The number of hydrogen-bond acceptors (Lipinski definition) is 3. The summed E-state index contributed by atoms with van der Waals surface area (Å²) in [5.41, 5.74) is 0.265. The van der Waals surface area contributed by atoms with Gasteiger partial charge < -0.3 is 20.1 Å². The van der Waals surface area contributed by atoms with E-state index in [0.717, 1.165) is 19.3 Å². The molecule has 18 heavy (non-hydrogen) atoms. The number of urea groups is 1. The molecule has 6 heteroatoms. The molecule has 1 aliphatic heterocycles. The summed E-state index contributed by atoms with van der Waals surface area (Å²) < 4.78 is 5.10. The molecule has 0 bridgehead atoms. The minimum absolute atomic E-state index is 0.0711. The monoisotopic (exact) mass is 256 g/mol. The summed E-state index contributed by atoms with van der Waals surface area (Å²) in [6.07, 6.45) is 3.35. The van der Waals surface area contributed by atoms with E-state index in [1.807, 2.05) is 0 Å². The Labute approximate surface area is 106 Å². The summed E-state index contributed by atoms with van der Waals surface area (Å²) in [6, 6.07) is -1.15. The fourth-order valence-electron chi connectivity index (χ4n) is 2.25. The van der Waals surface area contributed by atoms with Crippen LogP contribution in [0.3, 0.4) is 0 Å². The quantitative estimate of drug-likeness (QED) is 0.775. The maximum atomic E-state index is 12.0. The smallest absolute Gasteiger partial charge is 0.328 e. The van der Waals surface area contributed by atoms with Gasteiger partial charge in [-0.2, -0.15) is 0 Å². The van der Waals surface area contributed by atoms with Gasteiger partial charge in [0.1, 0.15) is 0 Å². The third-order valence-corrected chi connectivity index (χ3v) is 4.00. The van der Waals surface area contributed by atoms with Gasteiger partial charge in [0.05, 0.1) is 13.2 Å². The van der Waals surface area contributed by atoms with Gasteiger partial charge in [-0.1, -0.05) is 6.92 Å². The van der Waals surface area contributed by atoms with Crippen molar-refractivity contribution in [1.82, 2.24) is 10.2 Å². The second kappa shape index (κ2) is 5.14. The summed E-state index contributed by atoms with van der Waals surface area (Å²) in [5.74, 6) is -1.01. The first kappa shape index (κ1) is 13.1. The number of carboxylic acid groups (broad SMARTS) is 1. The maximum Gasteiger partial charge on any atom is 0.328 e. The van der Waals surface area contributed by atoms with Crippen molar-refractivity contribution < 1.29 is 19.4 Å². The Balaban J connectivity index is 1.88. The molecule has 1 aliphatic carbocycles. The summed E-state index contributed by atoms with van der Waals surface area (Å²) in [5, 5.41) is 11.9. The van der Waals surface area contributed by atoms with Crippen molar-refractivity contribution in [3.05, 3.63) is 0 Å². The molecule has 0 aromatic rings. The molecule has 0 spiro atoms. The van der Waals surface area contributed by atoms with E-state index in [9.17, 15) is 9.59 Å². The van der Waals surface area contributed by atoms with Crippen molar-refractivity contribution >= 4 is 12.0 Å². The van der Waals surface area contributed by atoms with Crippen LogP contribution in [0, 0.1) is 5.41 Å². The lowest BCUT2D eigenvalue weighted by atomic mass is 10.0. The Morgan fingerprint density at radius 2 is 2.22 bits per heavy atom. The zero-order chi connectivity index (χ0) is 13.2. The molecule has 2 fully saturated rings. The zero-order valence-corrected chi connectivity index (χ0v) is 10.6.